The lowest BCUT2D eigenvalue weighted by Gasteiger charge is -1.98. The molecule has 0 aliphatic rings. The number of benzene rings is 1. The van der Waals surface area contributed by atoms with Crippen LogP contribution in [0, 0.1) is 0 Å². The third-order valence-corrected chi connectivity index (χ3v) is 2.87. The maximum absolute atomic E-state index is 9.43. The van der Waals surface area contributed by atoms with Crippen molar-refractivity contribution in [3.8, 4) is 5.75 Å². The molecule has 2 aromatic heterocycles. The average molecular weight is 239 g/mol. The molecule has 0 fully saturated rings. The summed E-state index contributed by atoms with van der Waals surface area (Å²) in [4.78, 5) is 4.50. The number of phenolic OH excluding ortho intramolecular Hbond substituents is 1. The molecule has 0 unspecified atom stereocenters. The third-order valence-electron chi connectivity index (χ3n) is 2.87. The van der Waals surface area contributed by atoms with Crippen molar-refractivity contribution in [2.24, 2.45) is 0 Å². The number of hydrogen-bond acceptors (Lipinski definition) is 3. The number of pyridine rings is 1. The van der Waals surface area contributed by atoms with Gasteiger partial charge in [-0.2, -0.15) is 0 Å². The highest BCUT2D eigenvalue weighted by atomic mass is 16.3. The zero-order valence-electron chi connectivity index (χ0n) is 9.74. The van der Waals surface area contributed by atoms with E-state index in [1.165, 1.54) is 0 Å². The summed E-state index contributed by atoms with van der Waals surface area (Å²) in [6.45, 7) is 0. The Kier molecular flexibility index (Phi) is 2.41. The van der Waals surface area contributed by atoms with Crippen molar-refractivity contribution in [1.82, 2.24) is 9.38 Å². The van der Waals surface area contributed by atoms with Gasteiger partial charge >= 0.3 is 0 Å². The van der Waals surface area contributed by atoms with Gasteiger partial charge in [-0.15, -0.1) is 0 Å². The number of nitrogen functional groups attached to an aromatic ring is 1. The maximum Gasteiger partial charge on any atom is 0.138 e. The Bertz CT molecular complexity index is 703. The predicted octanol–water partition coefficient (Wildman–Crippen LogP) is 2.21. The van der Waals surface area contributed by atoms with E-state index in [9.17, 15) is 5.11 Å². The minimum absolute atomic E-state index is 0.274. The van der Waals surface area contributed by atoms with E-state index in [4.69, 9.17) is 5.73 Å². The summed E-state index contributed by atoms with van der Waals surface area (Å²) in [7, 11) is 0. The van der Waals surface area contributed by atoms with Crippen LogP contribution in [0.3, 0.4) is 0 Å². The molecule has 0 radical (unpaired) electrons. The van der Waals surface area contributed by atoms with Gasteiger partial charge < -0.3 is 10.8 Å². The van der Waals surface area contributed by atoms with E-state index in [1.54, 1.807) is 12.1 Å². The van der Waals surface area contributed by atoms with Gasteiger partial charge in [0.2, 0.25) is 0 Å². The lowest BCUT2D eigenvalue weighted by Crippen LogP contribution is -1.93. The van der Waals surface area contributed by atoms with Crippen LogP contribution in [0.2, 0.25) is 0 Å². The number of nitrogens with zero attached hydrogens (tertiary/aromatic N) is 2. The summed E-state index contributed by atoms with van der Waals surface area (Å²) < 4.78 is 1.86. The van der Waals surface area contributed by atoms with Crippen LogP contribution in [-0.2, 0) is 6.42 Å². The van der Waals surface area contributed by atoms with E-state index in [1.807, 2.05) is 40.9 Å². The number of phenols is 1. The number of aromatic nitrogens is 2. The maximum atomic E-state index is 9.43. The second-order valence-electron chi connectivity index (χ2n) is 4.26. The zero-order valence-corrected chi connectivity index (χ0v) is 9.74. The number of hydrogen-bond donors (Lipinski definition) is 2. The Morgan fingerprint density at radius 1 is 1.17 bits per heavy atom. The molecule has 90 valence electrons. The van der Waals surface area contributed by atoms with E-state index in [-0.39, 0.29) is 5.75 Å². The lowest BCUT2D eigenvalue weighted by atomic mass is 10.1. The van der Waals surface area contributed by atoms with E-state index < -0.39 is 0 Å². The summed E-state index contributed by atoms with van der Waals surface area (Å²) in [5.74, 6) is 0.943. The number of imidazole rings is 1. The standard InChI is InChI=1S/C14H13N3O/c15-13-5-2-6-14-16-11(9-17(13)14)7-10-3-1-4-12(18)8-10/h1-6,8-9,18H,7,15H2. The van der Waals surface area contributed by atoms with Gasteiger partial charge in [-0.05, 0) is 29.8 Å². The van der Waals surface area contributed by atoms with Crippen molar-refractivity contribution in [2.75, 3.05) is 5.73 Å². The molecule has 4 heteroatoms. The largest absolute Gasteiger partial charge is 0.508 e. The molecular formula is C14H13N3O. The van der Waals surface area contributed by atoms with Crippen molar-refractivity contribution < 1.29 is 5.11 Å². The first-order valence-corrected chi connectivity index (χ1v) is 5.73. The van der Waals surface area contributed by atoms with Gasteiger partial charge in [0.15, 0.2) is 0 Å². The van der Waals surface area contributed by atoms with Crippen LogP contribution >= 0.6 is 0 Å². The predicted molar refractivity (Wildman–Crippen MR) is 70.5 cm³/mol. The molecule has 0 amide bonds. The number of anilines is 1. The highest BCUT2D eigenvalue weighted by Gasteiger charge is 2.04. The lowest BCUT2D eigenvalue weighted by molar-refractivity contribution is 0.474. The summed E-state index contributed by atoms with van der Waals surface area (Å²) in [6.07, 6.45) is 2.60. The van der Waals surface area contributed by atoms with Gasteiger partial charge in [0.05, 0.1) is 5.69 Å². The van der Waals surface area contributed by atoms with E-state index in [0.29, 0.717) is 12.2 Å². The minimum atomic E-state index is 0.274. The van der Waals surface area contributed by atoms with Crippen LogP contribution in [-0.4, -0.2) is 14.5 Å². The SMILES string of the molecule is Nc1cccc2nc(Cc3cccc(O)c3)cn12. The molecule has 3 aromatic rings. The Balaban J connectivity index is 1.98. The molecule has 2 heterocycles. The van der Waals surface area contributed by atoms with Crippen molar-refractivity contribution in [3.05, 3.63) is 59.9 Å². The topological polar surface area (TPSA) is 63.5 Å². The quantitative estimate of drug-likeness (QED) is 0.720. The summed E-state index contributed by atoms with van der Waals surface area (Å²) in [5.41, 5.74) is 8.66. The van der Waals surface area contributed by atoms with Crippen molar-refractivity contribution >= 4 is 11.5 Å². The summed E-state index contributed by atoms with van der Waals surface area (Å²) >= 11 is 0. The molecule has 0 saturated carbocycles. The highest BCUT2D eigenvalue weighted by Crippen LogP contribution is 2.16. The second kappa shape index (κ2) is 4.07. The third kappa shape index (κ3) is 1.88. The van der Waals surface area contributed by atoms with E-state index in [2.05, 4.69) is 4.98 Å². The van der Waals surface area contributed by atoms with Gasteiger partial charge in [0.25, 0.3) is 0 Å². The smallest absolute Gasteiger partial charge is 0.138 e. The molecule has 0 saturated heterocycles. The molecule has 0 aliphatic heterocycles. The molecule has 0 bridgehead atoms. The number of aromatic hydroxyl groups is 1. The fraction of sp³-hybridized carbons (Fsp3) is 0.0714. The Morgan fingerprint density at radius 3 is 2.78 bits per heavy atom. The fourth-order valence-corrected chi connectivity index (χ4v) is 2.04. The van der Waals surface area contributed by atoms with Gasteiger partial charge in [0.1, 0.15) is 17.2 Å². The van der Waals surface area contributed by atoms with Crippen LogP contribution in [0.4, 0.5) is 5.82 Å². The monoisotopic (exact) mass is 239 g/mol. The molecule has 18 heavy (non-hydrogen) atoms. The molecule has 0 aliphatic carbocycles. The fourth-order valence-electron chi connectivity index (χ4n) is 2.04. The molecule has 1 aromatic carbocycles. The average Bonchev–Trinajstić information content (AvgIpc) is 2.73. The Hall–Kier alpha value is -2.49. The number of fused-ring (bicyclic) bond motifs is 1. The molecule has 4 nitrogen and oxygen atoms in total. The van der Waals surface area contributed by atoms with Crippen molar-refractivity contribution in [3.63, 3.8) is 0 Å². The Morgan fingerprint density at radius 2 is 2.00 bits per heavy atom. The van der Waals surface area contributed by atoms with Gasteiger partial charge in [0, 0.05) is 12.6 Å². The molecule has 3 rings (SSSR count). The normalized spacial score (nSPS) is 10.9. The van der Waals surface area contributed by atoms with Crippen LogP contribution < -0.4 is 5.73 Å². The van der Waals surface area contributed by atoms with Crippen LogP contribution in [0.1, 0.15) is 11.3 Å². The first-order valence-electron chi connectivity index (χ1n) is 5.73. The van der Waals surface area contributed by atoms with Crippen molar-refractivity contribution in [2.45, 2.75) is 6.42 Å². The summed E-state index contributed by atoms with van der Waals surface area (Å²) in [6, 6.07) is 12.8. The molecule has 0 spiro atoms. The first kappa shape index (κ1) is 10.7. The summed E-state index contributed by atoms with van der Waals surface area (Å²) in [5, 5.41) is 9.43. The van der Waals surface area contributed by atoms with Gasteiger partial charge in [-0.3, -0.25) is 4.40 Å². The van der Waals surface area contributed by atoms with Gasteiger partial charge in [-0.1, -0.05) is 18.2 Å². The van der Waals surface area contributed by atoms with Crippen LogP contribution in [0.5, 0.6) is 5.75 Å². The first-order chi connectivity index (χ1) is 8.72. The molecule has 0 atom stereocenters. The van der Waals surface area contributed by atoms with E-state index in [0.717, 1.165) is 16.9 Å². The van der Waals surface area contributed by atoms with Crippen LogP contribution in [0.15, 0.2) is 48.7 Å². The van der Waals surface area contributed by atoms with Crippen LogP contribution in [0.25, 0.3) is 5.65 Å². The molecular weight excluding hydrogens is 226 g/mol. The minimum Gasteiger partial charge on any atom is -0.508 e. The number of nitrogens with two attached hydrogens (primary N) is 1. The number of rotatable bonds is 2. The van der Waals surface area contributed by atoms with Gasteiger partial charge in [-0.25, -0.2) is 4.98 Å². The van der Waals surface area contributed by atoms with E-state index >= 15 is 0 Å². The second-order valence-corrected chi connectivity index (χ2v) is 4.26. The van der Waals surface area contributed by atoms with Crippen molar-refractivity contribution in [1.29, 1.82) is 0 Å². The highest BCUT2D eigenvalue weighted by molar-refractivity contribution is 5.49. The zero-order chi connectivity index (χ0) is 12.5. The molecule has 3 N–H and O–H groups in total. The Labute approximate surface area is 104 Å².